The fourth-order valence-corrected chi connectivity index (χ4v) is 4.95. The summed E-state index contributed by atoms with van der Waals surface area (Å²) in [5.41, 5.74) is 1.21. The Balaban J connectivity index is 1.78. The van der Waals surface area contributed by atoms with Crippen molar-refractivity contribution in [1.29, 1.82) is 0 Å². The van der Waals surface area contributed by atoms with Gasteiger partial charge in [0.1, 0.15) is 0 Å². The van der Waals surface area contributed by atoms with Crippen LogP contribution in [-0.4, -0.2) is 56.3 Å². The highest BCUT2D eigenvalue weighted by molar-refractivity contribution is 7.91. The Morgan fingerprint density at radius 1 is 1.35 bits per heavy atom. The molecule has 2 amide bonds. The zero-order chi connectivity index (χ0) is 16.6. The van der Waals surface area contributed by atoms with E-state index in [0.717, 1.165) is 12.1 Å². The van der Waals surface area contributed by atoms with Gasteiger partial charge in [-0.15, -0.1) is 0 Å². The highest BCUT2D eigenvalue weighted by atomic mass is 32.2. The largest absolute Gasteiger partial charge is 0.338 e. The summed E-state index contributed by atoms with van der Waals surface area (Å²) >= 11 is 0. The average Bonchev–Trinajstić information content (AvgIpc) is 3.11. The van der Waals surface area contributed by atoms with Gasteiger partial charge in [0, 0.05) is 37.3 Å². The molecule has 0 radical (unpaired) electrons. The molecule has 6 nitrogen and oxygen atoms in total. The lowest BCUT2D eigenvalue weighted by atomic mass is 10.1. The van der Waals surface area contributed by atoms with Gasteiger partial charge in [-0.3, -0.25) is 9.59 Å². The molecule has 7 heteroatoms. The molecule has 0 aromatic heterocycles. The number of hydrogen-bond donors (Lipinski definition) is 0. The molecule has 1 aromatic rings. The van der Waals surface area contributed by atoms with E-state index in [4.69, 9.17) is 0 Å². The van der Waals surface area contributed by atoms with Crippen LogP contribution in [0.5, 0.6) is 0 Å². The number of carbonyl (C=O) groups is 2. The Bertz CT molecular complexity index is 744. The molecule has 2 aliphatic rings. The fourth-order valence-electron chi connectivity index (χ4n) is 3.18. The predicted molar refractivity (Wildman–Crippen MR) is 87.2 cm³/mol. The monoisotopic (exact) mass is 336 g/mol. The summed E-state index contributed by atoms with van der Waals surface area (Å²) in [5, 5.41) is 0. The Hall–Kier alpha value is -1.89. The van der Waals surface area contributed by atoms with Crippen molar-refractivity contribution < 1.29 is 18.0 Å². The van der Waals surface area contributed by atoms with E-state index in [1.165, 1.54) is 4.90 Å². The number of nitrogens with zero attached hydrogens (tertiary/aromatic N) is 2. The molecule has 0 saturated carbocycles. The third-order valence-electron chi connectivity index (χ3n) is 4.55. The van der Waals surface area contributed by atoms with Crippen LogP contribution in [-0.2, 0) is 14.6 Å². The predicted octanol–water partition coefficient (Wildman–Crippen LogP) is 1.07. The van der Waals surface area contributed by atoms with Crippen LogP contribution in [0.3, 0.4) is 0 Å². The minimum Gasteiger partial charge on any atom is -0.338 e. The summed E-state index contributed by atoms with van der Waals surface area (Å²) in [6, 6.07) is 6.72. The van der Waals surface area contributed by atoms with E-state index in [9.17, 15) is 18.0 Å². The Morgan fingerprint density at radius 2 is 2.13 bits per heavy atom. The van der Waals surface area contributed by atoms with E-state index in [-0.39, 0.29) is 29.4 Å². The van der Waals surface area contributed by atoms with Gasteiger partial charge in [0.25, 0.3) is 5.91 Å². The Morgan fingerprint density at radius 3 is 2.74 bits per heavy atom. The maximum atomic E-state index is 12.6. The first-order chi connectivity index (χ1) is 10.9. The number of carbonyl (C=O) groups excluding carboxylic acids is 2. The number of rotatable bonds is 3. The number of sulfone groups is 1. The zero-order valence-corrected chi connectivity index (χ0v) is 13.9. The maximum Gasteiger partial charge on any atom is 0.253 e. The molecule has 0 bridgehead atoms. The molecule has 23 heavy (non-hydrogen) atoms. The van der Waals surface area contributed by atoms with Gasteiger partial charge >= 0.3 is 0 Å². The molecule has 0 aliphatic carbocycles. The molecular weight excluding hydrogens is 316 g/mol. The lowest BCUT2D eigenvalue weighted by Crippen LogP contribution is -2.38. The summed E-state index contributed by atoms with van der Waals surface area (Å²) in [4.78, 5) is 27.7. The van der Waals surface area contributed by atoms with E-state index in [0.29, 0.717) is 24.9 Å². The third kappa shape index (κ3) is 3.24. The maximum absolute atomic E-state index is 12.6. The van der Waals surface area contributed by atoms with Crippen molar-refractivity contribution in [3.63, 3.8) is 0 Å². The van der Waals surface area contributed by atoms with Gasteiger partial charge in [-0.1, -0.05) is 6.07 Å². The number of amides is 2. The Kier molecular flexibility index (Phi) is 4.14. The number of hydrogen-bond acceptors (Lipinski definition) is 4. The van der Waals surface area contributed by atoms with Gasteiger partial charge < -0.3 is 9.80 Å². The van der Waals surface area contributed by atoms with Crippen LogP contribution in [0.2, 0.25) is 0 Å². The van der Waals surface area contributed by atoms with E-state index >= 15 is 0 Å². The highest BCUT2D eigenvalue weighted by Gasteiger charge is 2.33. The van der Waals surface area contributed by atoms with Crippen molar-refractivity contribution >= 4 is 27.3 Å². The van der Waals surface area contributed by atoms with Crippen LogP contribution in [0.1, 0.15) is 29.6 Å². The van der Waals surface area contributed by atoms with E-state index in [1.807, 2.05) is 6.07 Å². The summed E-state index contributed by atoms with van der Waals surface area (Å²) < 4.78 is 23.2. The second kappa shape index (κ2) is 5.96. The molecule has 2 saturated heterocycles. The lowest BCUT2D eigenvalue weighted by molar-refractivity contribution is -0.117. The van der Waals surface area contributed by atoms with Gasteiger partial charge in [-0.2, -0.15) is 0 Å². The number of benzene rings is 1. The van der Waals surface area contributed by atoms with Gasteiger partial charge in [-0.05, 0) is 31.0 Å². The number of anilines is 1. The molecule has 2 heterocycles. The van der Waals surface area contributed by atoms with Crippen molar-refractivity contribution in [2.75, 3.05) is 30.0 Å². The van der Waals surface area contributed by atoms with E-state index in [1.54, 1.807) is 30.1 Å². The molecule has 2 fully saturated rings. The minimum absolute atomic E-state index is 0.0273. The van der Waals surface area contributed by atoms with Gasteiger partial charge in [0.2, 0.25) is 5.91 Å². The first-order valence-corrected chi connectivity index (χ1v) is 9.57. The van der Waals surface area contributed by atoms with Crippen LogP contribution in [0.4, 0.5) is 5.69 Å². The third-order valence-corrected chi connectivity index (χ3v) is 6.31. The molecule has 3 rings (SSSR count). The Labute approximate surface area is 136 Å². The second-order valence-corrected chi connectivity index (χ2v) is 8.40. The van der Waals surface area contributed by atoms with Crippen molar-refractivity contribution in [1.82, 2.24) is 4.90 Å². The quantitative estimate of drug-likeness (QED) is 0.827. The molecule has 124 valence electrons. The smallest absolute Gasteiger partial charge is 0.253 e. The van der Waals surface area contributed by atoms with Crippen LogP contribution in [0.25, 0.3) is 0 Å². The van der Waals surface area contributed by atoms with Gasteiger partial charge in [0.05, 0.1) is 11.5 Å². The second-order valence-electron chi connectivity index (χ2n) is 6.17. The van der Waals surface area contributed by atoms with Crippen LogP contribution >= 0.6 is 0 Å². The van der Waals surface area contributed by atoms with Crippen LogP contribution in [0.15, 0.2) is 24.3 Å². The van der Waals surface area contributed by atoms with Crippen molar-refractivity contribution in [2.45, 2.75) is 25.3 Å². The highest BCUT2D eigenvalue weighted by Crippen LogP contribution is 2.24. The lowest BCUT2D eigenvalue weighted by Gasteiger charge is -2.24. The summed E-state index contributed by atoms with van der Waals surface area (Å²) in [6.07, 6.45) is 1.85. The van der Waals surface area contributed by atoms with Crippen LogP contribution in [0, 0.1) is 0 Å². The molecule has 1 aromatic carbocycles. The first-order valence-electron chi connectivity index (χ1n) is 7.75. The standard InChI is InChI=1S/C16H20N2O4S/c1-17(14-7-9-23(21,22)11-14)16(20)12-4-2-5-13(10-12)18-8-3-6-15(18)19/h2,4-5,10,14H,3,6-9,11H2,1H3. The molecule has 0 N–H and O–H groups in total. The summed E-state index contributed by atoms with van der Waals surface area (Å²) in [6.45, 7) is 0.674. The van der Waals surface area contributed by atoms with Crippen molar-refractivity contribution in [3.8, 4) is 0 Å². The van der Waals surface area contributed by atoms with Gasteiger partial charge in [0.15, 0.2) is 9.84 Å². The fraction of sp³-hybridized carbons (Fsp3) is 0.500. The van der Waals surface area contributed by atoms with E-state index < -0.39 is 9.84 Å². The minimum atomic E-state index is -3.03. The molecule has 2 aliphatic heterocycles. The average molecular weight is 336 g/mol. The van der Waals surface area contributed by atoms with E-state index in [2.05, 4.69) is 0 Å². The van der Waals surface area contributed by atoms with Crippen molar-refractivity contribution in [3.05, 3.63) is 29.8 Å². The zero-order valence-electron chi connectivity index (χ0n) is 13.1. The molecule has 1 unspecified atom stereocenters. The first kappa shape index (κ1) is 16.0. The summed E-state index contributed by atoms with van der Waals surface area (Å²) in [7, 11) is -1.39. The van der Waals surface area contributed by atoms with Gasteiger partial charge in [-0.25, -0.2) is 8.42 Å². The normalized spacial score (nSPS) is 23.3. The van der Waals surface area contributed by atoms with Crippen LogP contribution < -0.4 is 4.90 Å². The molecule has 0 spiro atoms. The molecule has 1 atom stereocenters. The van der Waals surface area contributed by atoms with Crippen molar-refractivity contribution in [2.24, 2.45) is 0 Å². The topological polar surface area (TPSA) is 74.8 Å². The summed E-state index contributed by atoms with van der Waals surface area (Å²) in [5.74, 6) is 0.0300. The molecular formula is C16H20N2O4S. The SMILES string of the molecule is CN(C(=O)c1cccc(N2CCCC2=O)c1)C1CCS(=O)(=O)C1.